The fraction of sp³-hybridized carbons (Fsp3) is 0.250. The van der Waals surface area contributed by atoms with Gasteiger partial charge in [0.2, 0.25) is 5.91 Å². The molecule has 3 aromatic carbocycles. The fourth-order valence-electron chi connectivity index (χ4n) is 3.91. The van der Waals surface area contributed by atoms with E-state index in [1.54, 1.807) is 28.8 Å². The zero-order valence-electron chi connectivity index (χ0n) is 20.9. The number of benzene rings is 3. The lowest BCUT2D eigenvalue weighted by Crippen LogP contribution is -2.31. The molecule has 0 spiro atoms. The zero-order valence-corrected chi connectivity index (χ0v) is 22.6. The topological polar surface area (TPSA) is 85.2 Å². The number of carbonyl (C=O) groups is 1. The molecular weight excluding hydrogens is 504 g/mol. The Bertz CT molecular complexity index is 1380. The smallest absolute Gasteiger partial charge is 0.233 e. The molecule has 4 aromatic rings. The van der Waals surface area contributed by atoms with Crippen LogP contribution in [0.3, 0.4) is 0 Å². The zero-order chi connectivity index (χ0) is 26.3. The summed E-state index contributed by atoms with van der Waals surface area (Å²) in [5.74, 6) is 0.253. The predicted molar refractivity (Wildman–Crippen MR) is 146 cm³/mol. The van der Waals surface area contributed by atoms with Gasteiger partial charge in [-0.3, -0.25) is 4.79 Å². The number of hydrogen-bond acceptors (Lipinski definition) is 6. The van der Waals surface area contributed by atoms with E-state index in [1.165, 1.54) is 11.8 Å². The molecule has 37 heavy (non-hydrogen) atoms. The first-order chi connectivity index (χ1) is 17.9. The molecule has 0 saturated carbocycles. The normalized spacial score (nSPS) is 11.4. The number of amides is 1. The molecule has 0 aliphatic carbocycles. The molecule has 0 saturated heterocycles. The van der Waals surface area contributed by atoms with Crippen LogP contribution in [0.2, 0.25) is 0 Å². The van der Waals surface area contributed by atoms with Crippen molar-refractivity contribution in [2.24, 2.45) is 0 Å². The van der Waals surface area contributed by atoms with Gasteiger partial charge >= 0.3 is 0 Å². The molecule has 0 fully saturated rings. The molecule has 4 rings (SSSR count). The maximum absolute atomic E-state index is 13.3. The fourth-order valence-corrected chi connectivity index (χ4v) is 6.10. The van der Waals surface area contributed by atoms with E-state index >= 15 is 0 Å². The van der Waals surface area contributed by atoms with Crippen LogP contribution in [0.25, 0.3) is 0 Å². The maximum atomic E-state index is 13.3. The van der Waals surface area contributed by atoms with Crippen LogP contribution >= 0.6 is 11.8 Å². The highest BCUT2D eigenvalue weighted by molar-refractivity contribution is 7.99. The van der Waals surface area contributed by atoms with Crippen LogP contribution in [0.5, 0.6) is 0 Å². The monoisotopic (exact) mass is 534 g/mol. The van der Waals surface area contributed by atoms with Gasteiger partial charge in [-0.2, -0.15) is 0 Å². The van der Waals surface area contributed by atoms with Gasteiger partial charge in [0.25, 0.3) is 0 Å². The largest absolute Gasteiger partial charge is 0.333 e. The van der Waals surface area contributed by atoms with Gasteiger partial charge in [0, 0.05) is 19.6 Å². The van der Waals surface area contributed by atoms with E-state index in [0.717, 1.165) is 16.7 Å². The predicted octanol–water partition coefficient (Wildman–Crippen LogP) is 4.90. The standard InChI is InChI=1S/C28H30N4O3S2/c1-3-32-26(21-37(34,35)25-16-14-22(2)15-17-25)29-30-28(32)36-20-27(33)31(18-23-10-6-4-7-11-23)19-24-12-8-5-9-13-24/h4-17H,3,18-21H2,1-2H3. The highest BCUT2D eigenvalue weighted by atomic mass is 32.2. The van der Waals surface area contributed by atoms with Gasteiger partial charge < -0.3 is 9.47 Å². The molecular formula is C28H30N4O3S2. The lowest BCUT2D eigenvalue weighted by molar-refractivity contribution is -0.129. The summed E-state index contributed by atoms with van der Waals surface area (Å²) < 4.78 is 27.7. The van der Waals surface area contributed by atoms with E-state index in [0.29, 0.717) is 30.6 Å². The second-order valence-electron chi connectivity index (χ2n) is 8.72. The van der Waals surface area contributed by atoms with Crippen molar-refractivity contribution >= 4 is 27.5 Å². The van der Waals surface area contributed by atoms with Crippen molar-refractivity contribution < 1.29 is 13.2 Å². The number of aromatic nitrogens is 3. The van der Waals surface area contributed by atoms with Crippen molar-refractivity contribution in [3.63, 3.8) is 0 Å². The van der Waals surface area contributed by atoms with E-state index in [9.17, 15) is 13.2 Å². The minimum Gasteiger partial charge on any atom is -0.333 e. The maximum Gasteiger partial charge on any atom is 0.233 e. The Labute approximate surface area is 222 Å². The molecule has 0 aliphatic rings. The number of thioether (sulfide) groups is 1. The first kappa shape index (κ1) is 26.6. The minimum atomic E-state index is -3.57. The van der Waals surface area contributed by atoms with Gasteiger partial charge in [0.15, 0.2) is 15.0 Å². The molecule has 0 N–H and O–H groups in total. The lowest BCUT2D eigenvalue weighted by Gasteiger charge is -2.23. The minimum absolute atomic E-state index is 0.0304. The first-order valence-electron chi connectivity index (χ1n) is 12.1. The summed E-state index contributed by atoms with van der Waals surface area (Å²) in [4.78, 5) is 15.4. The van der Waals surface area contributed by atoms with E-state index in [-0.39, 0.29) is 22.3 Å². The Balaban J connectivity index is 1.47. The highest BCUT2D eigenvalue weighted by Gasteiger charge is 2.22. The van der Waals surface area contributed by atoms with Gasteiger partial charge in [-0.05, 0) is 37.1 Å². The van der Waals surface area contributed by atoms with E-state index in [4.69, 9.17) is 0 Å². The van der Waals surface area contributed by atoms with Gasteiger partial charge in [0.1, 0.15) is 11.6 Å². The first-order valence-corrected chi connectivity index (χ1v) is 14.7. The molecule has 1 amide bonds. The third-order valence-electron chi connectivity index (χ3n) is 5.92. The average Bonchev–Trinajstić information content (AvgIpc) is 3.29. The third-order valence-corrected chi connectivity index (χ3v) is 8.50. The quantitative estimate of drug-likeness (QED) is 0.255. The van der Waals surface area contributed by atoms with Crippen molar-refractivity contribution in [1.29, 1.82) is 0 Å². The Morgan fingerprint density at radius 3 is 1.97 bits per heavy atom. The summed E-state index contributed by atoms with van der Waals surface area (Å²) in [6.07, 6.45) is 0. The molecule has 0 unspecified atom stereocenters. The van der Waals surface area contributed by atoms with Crippen LogP contribution in [-0.4, -0.2) is 39.7 Å². The number of hydrogen-bond donors (Lipinski definition) is 0. The third kappa shape index (κ3) is 7.08. The summed E-state index contributed by atoms with van der Waals surface area (Å²) in [7, 11) is -3.57. The van der Waals surface area contributed by atoms with Crippen LogP contribution in [0, 0.1) is 6.92 Å². The van der Waals surface area contributed by atoms with E-state index in [2.05, 4.69) is 10.2 Å². The van der Waals surface area contributed by atoms with Crippen molar-refractivity contribution in [3.05, 3.63) is 107 Å². The van der Waals surface area contributed by atoms with Gasteiger partial charge in [-0.25, -0.2) is 8.42 Å². The number of carbonyl (C=O) groups excluding carboxylic acids is 1. The summed E-state index contributed by atoms with van der Waals surface area (Å²) >= 11 is 1.28. The summed E-state index contributed by atoms with van der Waals surface area (Å²) in [5, 5.41) is 8.91. The Morgan fingerprint density at radius 2 is 1.43 bits per heavy atom. The Morgan fingerprint density at radius 1 is 0.865 bits per heavy atom. The second-order valence-corrected chi connectivity index (χ2v) is 11.7. The van der Waals surface area contributed by atoms with Gasteiger partial charge in [0.05, 0.1) is 10.6 Å². The lowest BCUT2D eigenvalue weighted by atomic mass is 10.1. The summed E-state index contributed by atoms with van der Waals surface area (Å²) in [6, 6.07) is 26.6. The van der Waals surface area contributed by atoms with E-state index < -0.39 is 9.84 Å². The van der Waals surface area contributed by atoms with Crippen molar-refractivity contribution in [3.8, 4) is 0 Å². The molecule has 192 valence electrons. The molecule has 9 heteroatoms. The molecule has 0 aliphatic heterocycles. The van der Waals surface area contributed by atoms with Gasteiger partial charge in [-0.15, -0.1) is 10.2 Å². The Kier molecular flexibility index (Phi) is 8.78. The van der Waals surface area contributed by atoms with Crippen LogP contribution < -0.4 is 0 Å². The van der Waals surface area contributed by atoms with Crippen LogP contribution in [0.4, 0.5) is 0 Å². The van der Waals surface area contributed by atoms with Crippen molar-refractivity contribution in [2.75, 3.05) is 5.75 Å². The summed E-state index contributed by atoms with van der Waals surface area (Å²) in [5.41, 5.74) is 3.10. The number of aryl methyl sites for hydroxylation is 1. The molecule has 1 aromatic heterocycles. The van der Waals surface area contributed by atoms with Crippen LogP contribution in [-0.2, 0) is 40.0 Å². The SMILES string of the molecule is CCn1c(CS(=O)(=O)c2ccc(C)cc2)nnc1SCC(=O)N(Cc1ccccc1)Cc1ccccc1. The Hall–Kier alpha value is -3.43. The molecule has 0 atom stereocenters. The number of sulfone groups is 1. The second kappa shape index (κ2) is 12.2. The van der Waals surface area contributed by atoms with Gasteiger partial charge in [-0.1, -0.05) is 90.1 Å². The number of nitrogens with zero attached hydrogens (tertiary/aromatic N) is 4. The molecule has 0 radical (unpaired) electrons. The van der Waals surface area contributed by atoms with Crippen molar-refractivity contribution in [2.45, 2.75) is 49.3 Å². The van der Waals surface area contributed by atoms with Crippen LogP contribution in [0.15, 0.2) is 95.0 Å². The number of rotatable bonds is 11. The van der Waals surface area contributed by atoms with E-state index in [1.807, 2.05) is 79.4 Å². The average molecular weight is 535 g/mol. The molecule has 0 bridgehead atoms. The highest BCUT2D eigenvalue weighted by Crippen LogP contribution is 2.22. The van der Waals surface area contributed by atoms with Crippen LogP contribution in [0.1, 0.15) is 29.4 Å². The molecule has 1 heterocycles. The summed E-state index contributed by atoms with van der Waals surface area (Å²) in [6.45, 7) is 5.31. The van der Waals surface area contributed by atoms with Crippen molar-refractivity contribution in [1.82, 2.24) is 19.7 Å². The molecule has 7 nitrogen and oxygen atoms in total.